The highest BCUT2D eigenvalue weighted by atomic mass is 35.5. The maximum Gasteiger partial charge on any atom is 0.143 e. The molecule has 2 nitrogen and oxygen atoms in total. The van der Waals surface area contributed by atoms with Crippen LogP contribution in [0.15, 0.2) is 23.7 Å². The molecule has 13 heavy (non-hydrogen) atoms. The average molecular weight is 211 g/mol. The lowest BCUT2D eigenvalue weighted by Gasteiger charge is -1.96. The van der Waals surface area contributed by atoms with Crippen LogP contribution in [0.1, 0.15) is 5.69 Å². The van der Waals surface area contributed by atoms with Crippen molar-refractivity contribution >= 4 is 22.9 Å². The third-order valence-electron chi connectivity index (χ3n) is 1.58. The van der Waals surface area contributed by atoms with Gasteiger partial charge in [-0.2, -0.15) is 0 Å². The second-order valence-electron chi connectivity index (χ2n) is 2.63. The molecule has 0 bridgehead atoms. The fourth-order valence-corrected chi connectivity index (χ4v) is 2.08. The maximum atomic E-state index is 5.97. The predicted octanol–water partition coefficient (Wildman–Crippen LogP) is 3.17. The molecule has 0 fully saturated rings. The number of hydrogen-bond acceptors (Lipinski definition) is 3. The molecule has 0 aromatic carbocycles. The predicted molar refractivity (Wildman–Crippen MR) is 55.1 cm³/mol. The van der Waals surface area contributed by atoms with E-state index in [-0.39, 0.29) is 0 Å². The van der Waals surface area contributed by atoms with Gasteiger partial charge in [-0.15, -0.1) is 11.3 Å². The molecule has 0 N–H and O–H groups in total. The molecule has 0 saturated heterocycles. The van der Waals surface area contributed by atoms with E-state index in [1.807, 2.05) is 24.4 Å². The van der Waals surface area contributed by atoms with Crippen LogP contribution in [0.3, 0.4) is 0 Å². The number of aromatic nitrogens is 2. The normalized spacial score (nSPS) is 10.3. The third kappa shape index (κ3) is 1.71. The summed E-state index contributed by atoms with van der Waals surface area (Å²) in [5, 5.41) is 3.51. The van der Waals surface area contributed by atoms with E-state index in [0.29, 0.717) is 5.02 Å². The van der Waals surface area contributed by atoms with Crippen molar-refractivity contribution in [2.24, 2.45) is 0 Å². The molecule has 66 valence electrons. The maximum absolute atomic E-state index is 5.97. The van der Waals surface area contributed by atoms with Crippen molar-refractivity contribution in [1.29, 1.82) is 0 Å². The smallest absolute Gasteiger partial charge is 0.143 e. The first-order valence-electron chi connectivity index (χ1n) is 3.80. The first-order valence-corrected chi connectivity index (χ1v) is 5.06. The summed E-state index contributed by atoms with van der Waals surface area (Å²) in [4.78, 5) is 8.49. The Morgan fingerprint density at radius 3 is 2.92 bits per heavy atom. The van der Waals surface area contributed by atoms with E-state index in [1.54, 1.807) is 17.5 Å². The molecule has 0 saturated carbocycles. The SMILES string of the molecule is Cc1csc(-c2ncccc2Cl)n1. The van der Waals surface area contributed by atoms with Gasteiger partial charge in [0.1, 0.15) is 10.7 Å². The lowest BCUT2D eigenvalue weighted by molar-refractivity contribution is 1.23. The summed E-state index contributed by atoms with van der Waals surface area (Å²) in [5.41, 5.74) is 1.77. The van der Waals surface area contributed by atoms with Gasteiger partial charge in [0.05, 0.1) is 5.02 Å². The number of nitrogens with zero attached hydrogens (tertiary/aromatic N) is 2. The van der Waals surface area contributed by atoms with E-state index in [9.17, 15) is 0 Å². The van der Waals surface area contributed by atoms with Gasteiger partial charge < -0.3 is 0 Å². The van der Waals surface area contributed by atoms with Gasteiger partial charge >= 0.3 is 0 Å². The Bertz CT molecular complexity index is 425. The standard InChI is InChI=1S/C9H7ClN2S/c1-6-5-13-9(12-6)8-7(10)3-2-4-11-8/h2-5H,1H3. The Morgan fingerprint density at radius 2 is 2.31 bits per heavy atom. The van der Waals surface area contributed by atoms with Crippen molar-refractivity contribution in [2.45, 2.75) is 6.92 Å². The summed E-state index contributed by atoms with van der Waals surface area (Å²) < 4.78 is 0. The highest BCUT2D eigenvalue weighted by molar-refractivity contribution is 7.13. The van der Waals surface area contributed by atoms with Crippen LogP contribution in [0.5, 0.6) is 0 Å². The Balaban J connectivity index is 2.52. The van der Waals surface area contributed by atoms with Gasteiger partial charge in [0, 0.05) is 17.3 Å². The van der Waals surface area contributed by atoms with Crippen molar-refractivity contribution < 1.29 is 0 Å². The zero-order valence-electron chi connectivity index (χ0n) is 6.99. The molecule has 0 aliphatic heterocycles. The molecule has 2 aromatic rings. The van der Waals surface area contributed by atoms with E-state index < -0.39 is 0 Å². The van der Waals surface area contributed by atoms with Crippen LogP contribution in [0.4, 0.5) is 0 Å². The molecule has 2 rings (SSSR count). The fraction of sp³-hybridized carbons (Fsp3) is 0.111. The van der Waals surface area contributed by atoms with E-state index in [1.165, 1.54) is 0 Å². The minimum atomic E-state index is 0.650. The van der Waals surface area contributed by atoms with Gasteiger partial charge in [0.2, 0.25) is 0 Å². The monoisotopic (exact) mass is 210 g/mol. The van der Waals surface area contributed by atoms with Crippen molar-refractivity contribution in [2.75, 3.05) is 0 Å². The molecule has 0 aliphatic rings. The van der Waals surface area contributed by atoms with Crippen molar-refractivity contribution in [1.82, 2.24) is 9.97 Å². The molecule has 0 atom stereocenters. The lowest BCUT2D eigenvalue weighted by Crippen LogP contribution is -1.82. The number of pyridine rings is 1. The number of halogens is 1. The first-order chi connectivity index (χ1) is 6.27. The van der Waals surface area contributed by atoms with Crippen LogP contribution < -0.4 is 0 Å². The highest BCUT2D eigenvalue weighted by Gasteiger charge is 2.07. The summed E-state index contributed by atoms with van der Waals surface area (Å²) in [5.74, 6) is 0. The minimum absolute atomic E-state index is 0.650. The van der Waals surface area contributed by atoms with Gasteiger partial charge in [-0.3, -0.25) is 4.98 Å². The first kappa shape index (κ1) is 8.66. The van der Waals surface area contributed by atoms with Crippen LogP contribution >= 0.6 is 22.9 Å². The second-order valence-corrected chi connectivity index (χ2v) is 3.89. The minimum Gasteiger partial charge on any atom is -0.252 e. The largest absolute Gasteiger partial charge is 0.252 e. The molecule has 0 amide bonds. The quantitative estimate of drug-likeness (QED) is 0.723. The topological polar surface area (TPSA) is 25.8 Å². The second kappa shape index (κ2) is 3.44. The molecule has 2 aromatic heterocycles. The van der Waals surface area contributed by atoms with Crippen LogP contribution in [-0.2, 0) is 0 Å². The Hall–Kier alpha value is -0.930. The van der Waals surface area contributed by atoms with Gasteiger partial charge in [0.15, 0.2) is 0 Å². The number of hydrogen-bond donors (Lipinski definition) is 0. The van der Waals surface area contributed by atoms with Crippen molar-refractivity contribution in [3.05, 3.63) is 34.4 Å². The van der Waals surface area contributed by atoms with Gasteiger partial charge in [0.25, 0.3) is 0 Å². The highest BCUT2D eigenvalue weighted by Crippen LogP contribution is 2.27. The van der Waals surface area contributed by atoms with Crippen molar-refractivity contribution in [3.8, 4) is 10.7 Å². The molecule has 0 aliphatic carbocycles. The average Bonchev–Trinajstić information content (AvgIpc) is 2.53. The lowest BCUT2D eigenvalue weighted by atomic mass is 10.3. The van der Waals surface area contributed by atoms with Crippen LogP contribution in [0.2, 0.25) is 5.02 Å². The van der Waals surface area contributed by atoms with E-state index in [4.69, 9.17) is 11.6 Å². The van der Waals surface area contributed by atoms with Crippen LogP contribution in [0.25, 0.3) is 10.7 Å². The summed E-state index contributed by atoms with van der Waals surface area (Å²) in [7, 11) is 0. The zero-order valence-corrected chi connectivity index (χ0v) is 8.56. The van der Waals surface area contributed by atoms with Crippen molar-refractivity contribution in [3.63, 3.8) is 0 Å². The summed E-state index contributed by atoms with van der Waals surface area (Å²) in [6.07, 6.45) is 1.72. The molecule has 0 radical (unpaired) electrons. The molecule has 4 heteroatoms. The Kier molecular flexibility index (Phi) is 2.29. The number of aryl methyl sites for hydroxylation is 1. The molecule has 0 unspecified atom stereocenters. The molecular weight excluding hydrogens is 204 g/mol. The van der Waals surface area contributed by atoms with E-state index in [0.717, 1.165) is 16.4 Å². The van der Waals surface area contributed by atoms with Crippen LogP contribution in [-0.4, -0.2) is 9.97 Å². The number of rotatable bonds is 1. The summed E-state index contributed by atoms with van der Waals surface area (Å²) in [6, 6.07) is 3.63. The van der Waals surface area contributed by atoms with E-state index in [2.05, 4.69) is 9.97 Å². The Morgan fingerprint density at radius 1 is 1.46 bits per heavy atom. The van der Waals surface area contributed by atoms with Gasteiger partial charge in [-0.25, -0.2) is 4.98 Å². The zero-order chi connectivity index (χ0) is 9.26. The molecular formula is C9H7ClN2S. The Labute approximate surface area is 85.2 Å². The fourth-order valence-electron chi connectivity index (χ4n) is 1.01. The third-order valence-corrected chi connectivity index (χ3v) is 2.85. The summed E-state index contributed by atoms with van der Waals surface area (Å²) >= 11 is 7.53. The number of thiazole rings is 1. The molecule has 2 heterocycles. The molecule has 0 spiro atoms. The van der Waals surface area contributed by atoms with Crippen LogP contribution in [0, 0.1) is 6.92 Å². The van der Waals surface area contributed by atoms with E-state index >= 15 is 0 Å². The summed E-state index contributed by atoms with van der Waals surface area (Å²) in [6.45, 7) is 1.96. The van der Waals surface area contributed by atoms with Gasteiger partial charge in [-0.05, 0) is 19.1 Å². The van der Waals surface area contributed by atoms with Gasteiger partial charge in [-0.1, -0.05) is 11.6 Å².